The Morgan fingerprint density at radius 2 is 1.77 bits per heavy atom. The van der Waals surface area contributed by atoms with E-state index in [4.69, 9.17) is 0 Å². The van der Waals surface area contributed by atoms with Crippen molar-refractivity contribution >= 4 is 37.3 Å². The van der Waals surface area contributed by atoms with Crippen molar-refractivity contribution in [1.82, 2.24) is 4.98 Å². The molecule has 2 aromatic carbocycles. The van der Waals surface area contributed by atoms with Gasteiger partial charge in [-0.25, -0.2) is 8.42 Å². The van der Waals surface area contributed by atoms with Crippen LogP contribution in [0.15, 0.2) is 46.1 Å². The second-order valence-electron chi connectivity index (χ2n) is 5.04. The van der Waals surface area contributed by atoms with E-state index >= 15 is 0 Å². The summed E-state index contributed by atoms with van der Waals surface area (Å²) in [6, 6.07) is 10.2. The third-order valence-electron chi connectivity index (χ3n) is 3.42. The fourth-order valence-corrected chi connectivity index (χ4v) is 4.34. The molecule has 3 aromatic rings. The first-order valence-corrected chi connectivity index (χ1v) is 8.89. The monoisotopic (exact) mass is 334 g/mol. The van der Waals surface area contributed by atoms with E-state index in [0.29, 0.717) is 15.9 Å². The molecule has 0 amide bonds. The molecule has 0 spiro atoms. The van der Waals surface area contributed by atoms with Gasteiger partial charge >= 0.3 is 4.87 Å². The van der Waals surface area contributed by atoms with E-state index < -0.39 is 10.0 Å². The Kier molecular flexibility index (Phi) is 3.54. The van der Waals surface area contributed by atoms with Crippen molar-refractivity contribution in [2.75, 3.05) is 4.72 Å². The van der Waals surface area contributed by atoms with Gasteiger partial charge in [0.2, 0.25) is 0 Å². The molecule has 1 aromatic heterocycles. The molecule has 0 aliphatic carbocycles. The summed E-state index contributed by atoms with van der Waals surface area (Å²) in [7, 11) is -3.70. The van der Waals surface area contributed by atoms with Gasteiger partial charge in [-0.2, -0.15) is 0 Å². The lowest BCUT2D eigenvalue weighted by Crippen LogP contribution is -2.14. The number of nitrogens with one attached hydrogen (secondary N) is 2. The van der Waals surface area contributed by atoms with Crippen LogP contribution >= 0.6 is 11.3 Å². The molecular formula is C15H14N2O3S2. The standard InChI is InChI=1S/C15H14N2O3S2/c1-9-4-3-5-10(2)14(9)17-22(19,20)11-6-7-12-13(8-11)21-15(18)16-12/h3-8,17H,1-2H3,(H,16,18). The van der Waals surface area contributed by atoms with E-state index in [2.05, 4.69) is 9.71 Å². The molecule has 0 fully saturated rings. The number of anilines is 1. The number of aromatic nitrogens is 1. The minimum absolute atomic E-state index is 0.137. The molecule has 0 atom stereocenters. The van der Waals surface area contributed by atoms with E-state index in [9.17, 15) is 13.2 Å². The normalized spacial score (nSPS) is 11.7. The summed E-state index contributed by atoms with van der Waals surface area (Å²) in [6.45, 7) is 3.71. The molecule has 0 aliphatic rings. The summed E-state index contributed by atoms with van der Waals surface area (Å²) in [5.74, 6) is 0. The van der Waals surface area contributed by atoms with Gasteiger partial charge < -0.3 is 4.98 Å². The Morgan fingerprint density at radius 3 is 2.45 bits per heavy atom. The highest BCUT2D eigenvalue weighted by Gasteiger charge is 2.17. The van der Waals surface area contributed by atoms with E-state index in [1.807, 2.05) is 32.0 Å². The molecule has 0 saturated carbocycles. The predicted molar refractivity (Wildman–Crippen MR) is 89.2 cm³/mol. The number of sulfonamides is 1. The van der Waals surface area contributed by atoms with Crippen LogP contribution in [0.5, 0.6) is 0 Å². The summed E-state index contributed by atoms with van der Waals surface area (Å²) < 4.78 is 28.4. The Morgan fingerprint density at radius 1 is 1.09 bits per heavy atom. The van der Waals surface area contributed by atoms with E-state index in [1.165, 1.54) is 12.1 Å². The number of para-hydroxylation sites is 1. The molecule has 2 N–H and O–H groups in total. The van der Waals surface area contributed by atoms with Crippen LogP contribution in [0.2, 0.25) is 0 Å². The quantitative estimate of drug-likeness (QED) is 0.773. The molecule has 0 unspecified atom stereocenters. The van der Waals surface area contributed by atoms with Gasteiger partial charge in [-0.3, -0.25) is 9.52 Å². The molecule has 7 heteroatoms. The number of rotatable bonds is 3. The van der Waals surface area contributed by atoms with Gasteiger partial charge in [-0.05, 0) is 43.2 Å². The number of H-pyrrole nitrogens is 1. The average Bonchev–Trinajstić information content (AvgIpc) is 2.82. The third-order valence-corrected chi connectivity index (χ3v) is 5.61. The second-order valence-corrected chi connectivity index (χ2v) is 7.74. The highest BCUT2D eigenvalue weighted by atomic mass is 32.2. The average molecular weight is 334 g/mol. The lowest BCUT2D eigenvalue weighted by atomic mass is 10.1. The number of hydrogen-bond donors (Lipinski definition) is 2. The van der Waals surface area contributed by atoms with Crippen LogP contribution < -0.4 is 9.60 Å². The number of hydrogen-bond acceptors (Lipinski definition) is 4. The molecule has 0 saturated heterocycles. The van der Waals surface area contributed by atoms with Crippen LogP contribution in [0.4, 0.5) is 5.69 Å². The summed E-state index contributed by atoms with van der Waals surface area (Å²) in [5, 5.41) is 0. The van der Waals surface area contributed by atoms with Crippen molar-refractivity contribution in [3.05, 3.63) is 57.2 Å². The summed E-state index contributed by atoms with van der Waals surface area (Å²) in [4.78, 5) is 13.9. The molecule has 1 heterocycles. The van der Waals surface area contributed by atoms with Crippen molar-refractivity contribution in [3.8, 4) is 0 Å². The van der Waals surface area contributed by atoms with Gasteiger partial charge in [0, 0.05) is 0 Å². The SMILES string of the molecule is Cc1cccc(C)c1NS(=O)(=O)c1ccc2[nH]c(=O)sc2c1. The molecule has 5 nitrogen and oxygen atoms in total. The van der Waals surface area contributed by atoms with Crippen molar-refractivity contribution in [2.24, 2.45) is 0 Å². The van der Waals surface area contributed by atoms with Crippen LogP contribution in [0, 0.1) is 13.8 Å². The number of benzene rings is 2. The second kappa shape index (κ2) is 5.26. The summed E-state index contributed by atoms with van der Waals surface area (Å²) in [6.07, 6.45) is 0. The Hall–Kier alpha value is -2.12. The zero-order chi connectivity index (χ0) is 15.9. The highest BCUT2D eigenvalue weighted by molar-refractivity contribution is 7.92. The minimum atomic E-state index is -3.70. The Balaban J connectivity index is 2.06. The fourth-order valence-electron chi connectivity index (χ4n) is 2.26. The van der Waals surface area contributed by atoms with Gasteiger partial charge in [-0.1, -0.05) is 29.5 Å². The van der Waals surface area contributed by atoms with Crippen molar-refractivity contribution in [2.45, 2.75) is 18.7 Å². The first-order chi connectivity index (χ1) is 10.4. The van der Waals surface area contributed by atoms with E-state index in [0.717, 1.165) is 22.5 Å². The van der Waals surface area contributed by atoms with Crippen LogP contribution in [0.25, 0.3) is 10.2 Å². The van der Waals surface area contributed by atoms with Crippen molar-refractivity contribution < 1.29 is 8.42 Å². The third kappa shape index (κ3) is 2.65. The van der Waals surface area contributed by atoms with Crippen LogP contribution in [0.3, 0.4) is 0 Å². The van der Waals surface area contributed by atoms with Crippen molar-refractivity contribution in [1.29, 1.82) is 0 Å². The van der Waals surface area contributed by atoms with Gasteiger partial charge in [0.25, 0.3) is 10.0 Å². The van der Waals surface area contributed by atoms with E-state index in [1.54, 1.807) is 6.07 Å². The fraction of sp³-hybridized carbons (Fsp3) is 0.133. The number of aryl methyl sites for hydroxylation is 2. The lowest BCUT2D eigenvalue weighted by Gasteiger charge is -2.13. The number of fused-ring (bicyclic) bond motifs is 1. The first-order valence-electron chi connectivity index (χ1n) is 6.59. The molecule has 3 rings (SSSR count). The topological polar surface area (TPSA) is 79.0 Å². The zero-order valence-corrected chi connectivity index (χ0v) is 13.6. The Labute approximate surface area is 131 Å². The van der Waals surface area contributed by atoms with Crippen molar-refractivity contribution in [3.63, 3.8) is 0 Å². The highest BCUT2D eigenvalue weighted by Crippen LogP contribution is 2.25. The Bertz CT molecular complexity index is 996. The molecule has 0 radical (unpaired) electrons. The summed E-state index contributed by atoms with van der Waals surface area (Å²) in [5.41, 5.74) is 2.94. The number of aromatic amines is 1. The zero-order valence-electron chi connectivity index (χ0n) is 12.0. The molecule has 22 heavy (non-hydrogen) atoms. The molecule has 0 aliphatic heterocycles. The van der Waals surface area contributed by atoms with Crippen LogP contribution in [-0.4, -0.2) is 13.4 Å². The molecule has 114 valence electrons. The van der Waals surface area contributed by atoms with E-state index in [-0.39, 0.29) is 9.77 Å². The number of thiazole rings is 1. The van der Waals surface area contributed by atoms with Gasteiger partial charge in [0.05, 0.1) is 20.8 Å². The van der Waals surface area contributed by atoms with Gasteiger partial charge in [0.15, 0.2) is 0 Å². The largest absolute Gasteiger partial charge is 0.312 e. The smallest absolute Gasteiger partial charge is 0.305 e. The predicted octanol–water partition coefficient (Wildman–Crippen LogP) is 3.01. The maximum atomic E-state index is 12.6. The van der Waals surface area contributed by atoms with Gasteiger partial charge in [-0.15, -0.1) is 0 Å². The maximum Gasteiger partial charge on any atom is 0.305 e. The van der Waals surface area contributed by atoms with Crippen LogP contribution in [-0.2, 0) is 10.0 Å². The minimum Gasteiger partial charge on any atom is -0.312 e. The molecular weight excluding hydrogens is 320 g/mol. The maximum absolute atomic E-state index is 12.6. The summed E-state index contributed by atoms with van der Waals surface area (Å²) >= 11 is 0.992. The first kappa shape index (κ1) is 14.8. The van der Waals surface area contributed by atoms with Gasteiger partial charge in [0.1, 0.15) is 0 Å². The lowest BCUT2D eigenvalue weighted by molar-refractivity contribution is 0.601. The van der Waals surface area contributed by atoms with Crippen LogP contribution in [0.1, 0.15) is 11.1 Å². The molecule has 0 bridgehead atoms.